The third kappa shape index (κ3) is 3.88. The molecule has 1 aliphatic heterocycles. The predicted octanol–water partition coefficient (Wildman–Crippen LogP) is 4.62. The lowest BCUT2D eigenvalue weighted by Gasteiger charge is -2.37. The van der Waals surface area contributed by atoms with Crippen molar-refractivity contribution in [3.8, 4) is 5.75 Å². The molecule has 5 nitrogen and oxygen atoms in total. The number of aromatic nitrogens is 3. The first-order chi connectivity index (χ1) is 14.3. The van der Waals surface area contributed by atoms with Crippen LogP contribution in [0, 0.1) is 5.92 Å². The van der Waals surface area contributed by atoms with E-state index in [9.17, 15) is 13.2 Å². The molecule has 8 heteroatoms. The summed E-state index contributed by atoms with van der Waals surface area (Å²) in [6, 6.07) is 7.75. The zero-order valence-electron chi connectivity index (χ0n) is 17.3. The quantitative estimate of drug-likeness (QED) is 0.620. The van der Waals surface area contributed by atoms with E-state index in [4.69, 9.17) is 4.74 Å². The second-order valence-electron chi connectivity index (χ2n) is 8.00. The number of nitrogens with zero attached hydrogens (tertiary/aromatic N) is 4. The fourth-order valence-corrected chi connectivity index (χ4v) is 4.45. The van der Waals surface area contributed by atoms with Gasteiger partial charge in [-0.2, -0.15) is 13.2 Å². The van der Waals surface area contributed by atoms with E-state index in [-0.39, 0.29) is 11.8 Å². The molecule has 0 amide bonds. The molecular formula is C22H25F3N4O. The van der Waals surface area contributed by atoms with Crippen LogP contribution in [0.5, 0.6) is 5.75 Å². The van der Waals surface area contributed by atoms with Gasteiger partial charge in [-0.05, 0) is 54.6 Å². The van der Waals surface area contributed by atoms with Crippen molar-refractivity contribution in [1.82, 2.24) is 19.4 Å². The van der Waals surface area contributed by atoms with E-state index < -0.39 is 11.7 Å². The van der Waals surface area contributed by atoms with Crippen molar-refractivity contribution in [2.75, 3.05) is 20.2 Å². The molecule has 2 aromatic heterocycles. The van der Waals surface area contributed by atoms with Crippen molar-refractivity contribution in [3.05, 3.63) is 53.5 Å². The molecule has 4 rings (SSSR count). The van der Waals surface area contributed by atoms with E-state index in [1.54, 1.807) is 12.3 Å². The number of pyridine rings is 1. The number of methoxy groups -OCH3 is 1. The minimum Gasteiger partial charge on any atom is -0.496 e. The Balaban J connectivity index is 1.50. The second kappa shape index (κ2) is 7.91. The Kier molecular flexibility index (Phi) is 5.44. The number of ether oxygens (including phenoxy) is 1. The molecule has 0 radical (unpaired) electrons. The van der Waals surface area contributed by atoms with Gasteiger partial charge in [0.05, 0.1) is 24.7 Å². The lowest BCUT2D eigenvalue weighted by Crippen LogP contribution is -2.38. The van der Waals surface area contributed by atoms with Gasteiger partial charge in [-0.1, -0.05) is 13.0 Å². The van der Waals surface area contributed by atoms with Crippen LogP contribution in [0.15, 0.2) is 36.5 Å². The molecule has 0 N–H and O–H groups in total. The number of benzene rings is 1. The summed E-state index contributed by atoms with van der Waals surface area (Å²) in [5.41, 5.74) is 1.92. The van der Waals surface area contributed by atoms with Crippen LogP contribution in [0.4, 0.5) is 13.2 Å². The average Bonchev–Trinajstić information content (AvgIpc) is 3.03. The molecule has 2 atom stereocenters. The molecule has 1 saturated heterocycles. The maximum Gasteiger partial charge on any atom is 0.416 e. The summed E-state index contributed by atoms with van der Waals surface area (Å²) in [6.07, 6.45) is -1.78. The first-order valence-electron chi connectivity index (χ1n) is 10.0. The number of fused-ring (bicyclic) bond motifs is 1. The number of hydrogen-bond acceptors (Lipinski definition) is 4. The largest absolute Gasteiger partial charge is 0.496 e. The van der Waals surface area contributed by atoms with E-state index in [0.717, 1.165) is 54.2 Å². The van der Waals surface area contributed by atoms with Gasteiger partial charge in [-0.25, -0.2) is 9.97 Å². The number of alkyl halides is 3. The third-order valence-electron chi connectivity index (χ3n) is 6.06. The maximum atomic E-state index is 13.0. The standard InChI is InChI=1S/C22H25F3N4O/c1-14-12-29(13-20-27-21-18(28(20)2)5-4-9-26-21)10-8-16(14)17-7-6-15(22(23,24)25)11-19(17)30-3/h4-7,9,11,14,16H,8,10,12-13H2,1-3H3/t14-,16+/m1/s1. The summed E-state index contributed by atoms with van der Waals surface area (Å²) >= 11 is 0. The average molecular weight is 418 g/mol. The lowest BCUT2D eigenvalue weighted by atomic mass is 9.81. The molecule has 0 bridgehead atoms. The molecular weight excluding hydrogens is 393 g/mol. The Bertz CT molecular complexity index is 1050. The van der Waals surface area contributed by atoms with E-state index in [0.29, 0.717) is 12.3 Å². The van der Waals surface area contributed by atoms with Crippen molar-refractivity contribution in [2.24, 2.45) is 13.0 Å². The first kappa shape index (κ1) is 20.7. The van der Waals surface area contributed by atoms with Gasteiger partial charge in [-0.15, -0.1) is 0 Å². The molecule has 160 valence electrons. The van der Waals surface area contributed by atoms with E-state index in [2.05, 4.69) is 26.4 Å². The molecule has 1 aliphatic rings. The van der Waals surface area contributed by atoms with Gasteiger partial charge in [0.2, 0.25) is 0 Å². The molecule has 30 heavy (non-hydrogen) atoms. The number of hydrogen-bond donors (Lipinski definition) is 0. The first-order valence-corrected chi connectivity index (χ1v) is 10.0. The van der Waals surface area contributed by atoms with E-state index in [1.807, 2.05) is 19.2 Å². The molecule has 0 spiro atoms. The normalized spacial score (nSPS) is 20.6. The molecule has 0 saturated carbocycles. The Morgan fingerprint density at radius 3 is 2.70 bits per heavy atom. The van der Waals surface area contributed by atoms with Crippen LogP contribution in [-0.4, -0.2) is 39.6 Å². The van der Waals surface area contributed by atoms with Gasteiger partial charge in [0.15, 0.2) is 5.65 Å². The highest BCUT2D eigenvalue weighted by Crippen LogP contribution is 2.41. The van der Waals surface area contributed by atoms with Gasteiger partial charge in [0, 0.05) is 19.8 Å². The highest BCUT2D eigenvalue weighted by atomic mass is 19.4. The fourth-order valence-electron chi connectivity index (χ4n) is 4.45. The zero-order valence-corrected chi connectivity index (χ0v) is 17.3. The monoisotopic (exact) mass is 418 g/mol. The van der Waals surface area contributed by atoms with Gasteiger partial charge < -0.3 is 9.30 Å². The highest BCUT2D eigenvalue weighted by molar-refractivity contribution is 5.71. The van der Waals surface area contributed by atoms with Crippen molar-refractivity contribution >= 4 is 11.2 Å². The summed E-state index contributed by atoms with van der Waals surface area (Å²) < 4.78 is 46.5. The molecule has 1 fully saturated rings. The molecule has 0 unspecified atom stereocenters. The van der Waals surface area contributed by atoms with Crippen LogP contribution < -0.4 is 4.74 Å². The highest BCUT2D eigenvalue weighted by Gasteiger charge is 2.34. The Labute approximate surface area is 173 Å². The Hall–Kier alpha value is -2.61. The number of aryl methyl sites for hydroxylation is 1. The van der Waals surface area contributed by atoms with Crippen LogP contribution in [0.3, 0.4) is 0 Å². The number of imidazole rings is 1. The van der Waals surface area contributed by atoms with Gasteiger partial charge in [0.1, 0.15) is 11.6 Å². The zero-order chi connectivity index (χ0) is 21.5. The number of piperidine rings is 1. The fraction of sp³-hybridized carbons (Fsp3) is 0.455. The van der Waals surface area contributed by atoms with Crippen molar-refractivity contribution in [2.45, 2.75) is 32.0 Å². The lowest BCUT2D eigenvalue weighted by molar-refractivity contribution is -0.137. The molecule has 0 aliphatic carbocycles. The summed E-state index contributed by atoms with van der Waals surface area (Å²) in [5.74, 6) is 1.70. The van der Waals surface area contributed by atoms with Gasteiger partial charge >= 0.3 is 6.18 Å². The van der Waals surface area contributed by atoms with E-state index >= 15 is 0 Å². The van der Waals surface area contributed by atoms with Crippen LogP contribution in [-0.2, 0) is 19.8 Å². The maximum absolute atomic E-state index is 13.0. The van der Waals surface area contributed by atoms with Crippen LogP contribution >= 0.6 is 0 Å². The molecule has 3 heterocycles. The van der Waals surface area contributed by atoms with Gasteiger partial charge in [0.25, 0.3) is 0 Å². The van der Waals surface area contributed by atoms with Gasteiger partial charge in [-0.3, -0.25) is 4.90 Å². The number of halogens is 3. The third-order valence-corrected chi connectivity index (χ3v) is 6.06. The number of rotatable bonds is 4. The summed E-state index contributed by atoms with van der Waals surface area (Å²) in [6.45, 7) is 4.54. The minimum absolute atomic E-state index is 0.153. The summed E-state index contributed by atoms with van der Waals surface area (Å²) in [5, 5.41) is 0. The predicted molar refractivity (Wildman–Crippen MR) is 108 cm³/mol. The molecule has 3 aromatic rings. The number of likely N-dealkylation sites (tertiary alicyclic amines) is 1. The van der Waals surface area contributed by atoms with Crippen LogP contribution in [0.25, 0.3) is 11.2 Å². The van der Waals surface area contributed by atoms with Crippen molar-refractivity contribution < 1.29 is 17.9 Å². The molecule has 1 aromatic carbocycles. The SMILES string of the molecule is COc1cc(C(F)(F)F)ccc1[C@H]1CCN(Cc2nc3ncccc3n2C)C[C@H]1C. The van der Waals surface area contributed by atoms with Crippen molar-refractivity contribution in [1.29, 1.82) is 0 Å². The minimum atomic E-state index is -4.37. The Morgan fingerprint density at radius 2 is 2.03 bits per heavy atom. The topological polar surface area (TPSA) is 43.2 Å². The smallest absolute Gasteiger partial charge is 0.416 e. The summed E-state index contributed by atoms with van der Waals surface area (Å²) in [4.78, 5) is 11.3. The van der Waals surface area contributed by atoms with E-state index in [1.165, 1.54) is 7.11 Å². The Morgan fingerprint density at radius 1 is 1.23 bits per heavy atom. The van der Waals surface area contributed by atoms with Crippen molar-refractivity contribution in [3.63, 3.8) is 0 Å². The summed E-state index contributed by atoms with van der Waals surface area (Å²) in [7, 11) is 3.42. The van der Waals surface area contributed by atoms with Crippen LogP contribution in [0.1, 0.15) is 36.2 Å². The second-order valence-corrected chi connectivity index (χ2v) is 8.00. The van der Waals surface area contributed by atoms with Crippen LogP contribution in [0.2, 0.25) is 0 Å².